The predicted molar refractivity (Wildman–Crippen MR) is 171 cm³/mol. The molecule has 3 fully saturated rings. The second-order valence-electron chi connectivity index (χ2n) is 13.1. The van der Waals surface area contributed by atoms with Crippen LogP contribution in [0.15, 0.2) is 40.9 Å². The molecular weight excluding hydrogens is 584 g/mol. The lowest BCUT2D eigenvalue weighted by atomic mass is 9.97. The highest BCUT2D eigenvalue weighted by Crippen LogP contribution is 2.40. The summed E-state index contributed by atoms with van der Waals surface area (Å²) in [7, 11) is 1.62. The third-order valence-electron chi connectivity index (χ3n) is 9.98. The summed E-state index contributed by atoms with van der Waals surface area (Å²) >= 11 is 0. The molecule has 5 aromatic rings. The molecule has 12 nitrogen and oxygen atoms in total. The van der Waals surface area contributed by atoms with Gasteiger partial charge in [0.25, 0.3) is 11.8 Å². The SMILES string of the molecule is COc1cc(C(=O)N2[C@H]3CC[C@@H]2[C@H](N)C3)cc2nc(-c3cc4ccc([C@@H](C)NC(=O)c5cnc(C)o5)nc4n3CC3CC3)c(C)n12. The molecule has 8 rings (SSSR count). The summed E-state index contributed by atoms with van der Waals surface area (Å²) in [6, 6.07) is 9.78. The zero-order valence-electron chi connectivity index (χ0n) is 26.5. The van der Waals surface area contributed by atoms with Crippen molar-refractivity contribution in [2.45, 2.75) is 83.6 Å². The Morgan fingerprint density at radius 3 is 2.63 bits per heavy atom. The number of hydrogen-bond donors (Lipinski definition) is 2. The highest BCUT2D eigenvalue weighted by molar-refractivity contribution is 5.97. The smallest absolute Gasteiger partial charge is 0.289 e. The van der Waals surface area contributed by atoms with Crippen molar-refractivity contribution >= 4 is 28.5 Å². The molecule has 0 radical (unpaired) electrons. The van der Waals surface area contributed by atoms with Gasteiger partial charge in [-0.25, -0.2) is 15.0 Å². The summed E-state index contributed by atoms with van der Waals surface area (Å²) in [5, 5.41) is 3.97. The van der Waals surface area contributed by atoms with Gasteiger partial charge in [0.1, 0.15) is 17.0 Å². The molecule has 2 bridgehead atoms. The first-order chi connectivity index (χ1) is 22.2. The lowest BCUT2D eigenvalue weighted by molar-refractivity contribution is 0.0725. The Balaban J connectivity index is 1.17. The molecule has 1 aliphatic carbocycles. The van der Waals surface area contributed by atoms with E-state index in [9.17, 15) is 9.59 Å². The molecule has 1 saturated carbocycles. The number of methoxy groups -OCH3 is 1. The highest BCUT2D eigenvalue weighted by atomic mass is 16.5. The van der Waals surface area contributed by atoms with Crippen molar-refractivity contribution in [1.29, 1.82) is 0 Å². The minimum Gasteiger partial charge on any atom is -0.482 e. The van der Waals surface area contributed by atoms with Crippen molar-refractivity contribution in [3.05, 3.63) is 65.1 Å². The van der Waals surface area contributed by atoms with Gasteiger partial charge in [0, 0.05) is 48.6 Å². The van der Waals surface area contributed by atoms with Crippen molar-refractivity contribution in [2.75, 3.05) is 7.11 Å². The third-order valence-corrected chi connectivity index (χ3v) is 9.98. The molecule has 238 valence electrons. The van der Waals surface area contributed by atoms with Gasteiger partial charge in [0.15, 0.2) is 11.8 Å². The van der Waals surface area contributed by atoms with E-state index in [4.69, 9.17) is 24.9 Å². The molecule has 3 aliphatic rings. The van der Waals surface area contributed by atoms with Crippen molar-refractivity contribution in [3.63, 3.8) is 0 Å². The number of nitrogens with zero attached hydrogens (tertiary/aromatic N) is 6. The number of imidazole rings is 1. The third kappa shape index (κ3) is 4.65. The number of aryl methyl sites for hydroxylation is 2. The number of fused-ring (bicyclic) bond motifs is 4. The Bertz CT molecular complexity index is 2020. The number of ether oxygens (including phenoxy) is 1. The van der Waals surface area contributed by atoms with Crippen LogP contribution >= 0.6 is 0 Å². The summed E-state index contributed by atoms with van der Waals surface area (Å²) in [6.07, 6.45) is 6.59. The zero-order chi connectivity index (χ0) is 31.9. The van der Waals surface area contributed by atoms with Crippen LogP contribution in [0.4, 0.5) is 0 Å². The van der Waals surface area contributed by atoms with Crippen molar-refractivity contribution in [1.82, 2.24) is 34.1 Å². The predicted octanol–water partition coefficient (Wildman–Crippen LogP) is 4.57. The van der Waals surface area contributed by atoms with Gasteiger partial charge in [-0.1, -0.05) is 0 Å². The minimum atomic E-state index is -0.354. The number of carbonyl (C=O) groups excluding carboxylic acids is 2. The molecule has 2 aliphatic heterocycles. The lowest BCUT2D eigenvalue weighted by Gasteiger charge is -2.23. The number of nitrogens with two attached hydrogens (primary N) is 1. The van der Waals surface area contributed by atoms with E-state index >= 15 is 0 Å². The van der Waals surface area contributed by atoms with Crippen LogP contribution in [-0.2, 0) is 6.54 Å². The van der Waals surface area contributed by atoms with Crippen molar-refractivity contribution < 1.29 is 18.7 Å². The van der Waals surface area contributed by atoms with Crippen LogP contribution in [0.3, 0.4) is 0 Å². The molecule has 0 unspecified atom stereocenters. The van der Waals surface area contributed by atoms with Crippen LogP contribution in [0.2, 0.25) is 0 Å². The van der Waals surface area contributed by atoms with Crippen LogP contribution in [0.25, 0.3) is 28.1 Å². The Morgan fingerprint density at radius 1 is 1.13 bits per heavy atom. The maximum atomic E-state index is 13.8. The zero-order valence-corrected chi connectivity index (χ0v) is 26.5. The summed E-state index contributed by atoms with van der Waals surface area (Å²) in [5.41, 5.74) is 11.8. The van der Waals surface area contributed by atoms with Crippen LogP contribution in [0, 0.1) is 19.8 Å². The quantitative estimate of drug-likeness (QED) is 0.256. The number of carbonyl (C=O) groups is 2. The summed E-state index contributed by atoms with van der Waals surface area (Å²) in [5.74, 6) is 1.39. The largest absolute Gasteiger partial charge is 0.482 e. The van der Waals surface area contributed by atoms with Crippen molar-refractivity contribution in [3.8, 4) is 17.3 Å². The molecule has 7 heterocycles. The van der Waals surface area contributed by atoms with Gasteiger partial charge in [-0.15, -0.1) is 0 Å². The fraction of sp³-hybridized carbons (Fsp3) is 0.441. The Morgan fingerprint density at radius 2 is 1.96 bits per heavy atom. The van der Waals surface area contributed by atoms with Gasteiger partial charge in [-0.3, -0.25) is 14.0 Å². The average molecular weight is 623 g/mol. The molecule has 0 spiro atoms. The fourth-order valence-corrected chi connectivity index (χ4v) is 7.42. The molecule has 4 atom stereocenters. The van der Waals surface area contributed by atoms with E-state index in [1.165, 1.54) is 19.0 Å². The van der Waals surface area contributed by atoms with Gasteiger partial charge in [-0.2, -0.15) is 0 Å². The first-order valence-corrected chi connectivity index (χ1v) is 16.1. The Labute approximate surface area is 265 Å². The standard InChI is InChI=1S/C34H38N8O4/c1-17(37-33(43)28-15-36-19(3)46-28)25-9-7-21-11-27(40(32(21)38-25)16-20-5-6-20)31-18(2)41-29(39-31)12-22(13-30(41)45-4)34(44)42-23-8-10-26(42)24(35)14-23/h7,9,11-13,15,17,20,23-24,26H,5-6,8,10,14,16,35H2,1-4H3,(H,37,43)/t17-,23+,24-,26-/m1/s1. The maximum Gasteiger partial charge on any atom is 0.289 e. The number of oxazole rings is 1. The number of amides is 2. The second-order valence-corrected chi connectivity index (χ2v) is 13.1. The van der Waals surface area contributed by atoms with E-state index in [1.807, 2.05) is 47.4 Å². The van der Waals surface area contributed by atoms with Crippen LogP contribution in [0.1, 0.15) is 83.3 Å². The van der Waals surface area contributed by atoms with Gasteiger partial charge in [0.2, 0.25) is 5.76 Å². The Kier molecular flexibility index (Phi) is 6.68. The number of rotatable bonds is 8. The number of aromatic nitrogens is 5. The highest BCUT2D eigenvalue weighted by Gasteiger charge is 2.47. The van der Waals surface area contributed by atoms with Crippen LogP contribution < -0.4 is 15.8 Å². The summed E-state index contributed by atoms with van der Waals surface area (Å²) in [4.78, 5) is 42.7. The van der Waals surface area contributed by atoms with Crippen molar-refractivity contribution in [2.24, 2.45) is 11.7 Å². The van der Waals surface area contributed by atoms with E-state index in [0.717, 1.165) is 59.6 Å². The van der Waals surface area contributed by atoms with E-state index in [1.54, 1.807) is 14.0 Å². The average Bonchev–Trinajstić information content (AvgIpc) is 3.36. The van der Waals surface area contributed by atoms with E-state index in [2.05, 4.69) is 20.9 Å². The number of nitrogens with one attached hydrogen (secondary N) is 1. The lowest BCUT2D eigenvalue weighted by Crippen LogP contribution is -2.40. The molecule has 46 heavy (non-hydrogen) atoms. The van der Waals surface area contributed by atoms with Gasteiger partial charge in [0.05, 0.1) is 36.4 Å². The molecule has 2 saturated heterocycles. The summed E-state index contributed by atoms with van der Waals surface area (Å²) in [6.45, 7) is 6.46. The van der Waals surface area contributed by atoms with E-state index < -0.39 is 0 Å². The molecule has 2 amide bonds. The second kappa shape index (κ2) is 10.7. The minimum absolute atomic E-state index is 0.0114. The van der Waals surface area contributed by atoms with Crippen LogP contribution in [0.5, 0.6) is 5.88 Å². The first kappa shape index (κ1) is 28.7. The van der Waals surface area contributed by atoms with Gasteiger partial charge < -0.3 is 29.7 Å². The summed E-state index contributed by atoms with van der Waals surface area (Å²) < 4.78 is 15.5. The molecule has 12 heteroatoms. The van der Waals surface area contributed by atoms with Gasteiger partial charge >= 0.3 is 0 Å². The van der Waals surface area contributed by atoms with E-state index in [0.29, 0.717) is 28.9 Å². The van der Waals surface area contributed by atoms with Crippen LogP contribution in [-0.4, -0.2) is 65.9 Å². The molecule has 0 aromatic carbocycles. The fourth-order valence-electron chi connectivity index (χ4n) is 7.42. The Hall–Kier alpha value is -4.71. The number of hydrogen-bond acceptors (Lipinski definition) is 8. The molecule has 5 aromatic heterocycles. The number of pyridine rings is 2. The first-order valence-electron chi connectivity index (χ1n) is 16.1. The molecule has 3 N–H and O–H groups in total. The van der Waals surface area contributed by atoms with E-state index in [-0.39, 0.29) is 41.7 Å². The topological polar surface area (TPSA) is 146 Å². The maximum absolute atomic E-state index is 13.8. The normalized spacial score (nSPS) is 21.4. The van der Waals surface area contributed by atoms with Gasteiger partial charge in [-0.05, 0) is 76.1 Å². The monoisotopic (exact) mass is 622 g/mol. The molecular formula is C34H38N8O4.